The summed E-state index contributed by atoms with van der Waals surface area (Å²) in [4.78, 5) is 13.9. The molecule has 1 aromatic rings. The van der Waals surface area contributed by atoms with Gasteiger partial charge in [0.05, 0.1) is 5.75 Å². The molecule has 7 heteroatoms. The molecular weight excluding hydrogens is 314 g/mol. The number of nitrogens with one attached hydrogen (secondary N) is 1. The van der Waals surface area contributed by atoms with E-state index in [9.17, 15) is 13.2 Å². The van der Waals surface area contributed by atoms with E-state index in [-0.39, 0.29) is 17.7 Å². The molecule has 1 unspecified atom stereocenters. The number of nitrogens with two attached hydrogens (primary N) is 1. The Labute approximate surface area is 137 Å². The molecule has 1 aliphatic carbocycles. The van der Waals surface area contributed by atoms with E-state index in [0.29, 0.717) is 37.9 Å². The maximum atomic E-state index is 12.2. The third-order valence-corrected chi connectivity index (χ3v) is 5.64. The number of benzene rings is 1. The fourth-order valence-corrected chi connectivity index (χ4v) is 4.32. The largest absolute Gasteiger partial charge is 0.338 e. The van der Waals surface area contributed by atoms with E-state index in [1.165, 1.54) is 5.56 Å². The first kappa shape index (κ1) is 16.3. The number of likely N-dealkylation sites (tertiary alicyclic amines) is 1. The lowest BCUT2D eigenvalue weighted by Crippen LogP contribution is -2.40. The van der Waals surface area contributed by atoms with E-state index in [1.807, 2.05) is 18.2 Å². The van der Waals surface area contributed by atoms with Crippen LogP contribution < -0.4 is 10.5 Å². The number of urea groups is 1. The predicted molar refractivity (Wildman–Crippen MR) is 88.3 cm³/mol. The third kappa shape index (κ3) is 4.45. The van der Waals surface area contributed by atoms with Crippen molar-refractivity contribution in [3.63, 3.8) is 0 Å². The number of rotatable bonds is 5. The number of carbonyl (C=O) groups is 1. The molecule has 1 saturated heterocycles. The van der Waals surface area contributed by atoms with Crippen molar-refractivity contribution in [1.29, 1.82) is 0 Å². The van der Waals surface area contributed by atoms with Crippen molar-refractivity contribution in [2.24, 2.45) is 17.0 Å². The van der Waals surface area contributed by atoms with Crippen LogP contribution in [0.2, 0.25) is 0 Å². The summed E-state index contributed by atoms with van der Waals surface area (Å²) in [6.45, 7) is 1.74. The van der Waals surface area contributed by atoms with E-state index in [4.69, 9.17) is 5.14 Å². The Morgan fingerprint density at radius 2 is 2.04 bits per heavy atom. The summed E-state index contributed by atoms with van der Waals surface area (Å²) < 4.78 is 22.2. The second kappa shape index (κ2) is 6.49. The summed E-state index contributed by atoms with van der Waals surface area (Å²) in [7, 11) is -3.47. The van der Waals surface area contributed by atoms with E-state index < -0.39 is 10.0 Å². The smallest absolute Gasteiger partial charge is 0.317 e. The molecule has 1 aliphatic heterocycles. The van der Waals surface area contributed by atoms with Gasteiger partial charge < -0.3 is 10.2 Å². The molecule has 0 radical (unpaired) electrons. The van der Waals surface area contributed by atoms with E-state index in [0.717, 1.165) is 6.42 Å². The summed E-state index contributed by atoms with van der Waals surface area (Å²) in [5.41, 5.74) is 1.33. The van der Waals surface area contributed by atoms with Gasteiger partial charge in [-0.3, -0.25) is 0 Å². The number of amides is 2. The zero-order valence-corrected chi connectivity index (χ0v) is 13.8. The lowest BCUT2D eigenvalue weighted by Gasteiger charge is -2.17. The first-order valence-corrected chi connectivity index (χ1v) is 9.72. The van der Waals surface area contributed by atoms with Gasteiger partial charge in [-0.15, -0.1) is 0 Å². The van der Waals surface area contributed by atoms with Gasteiger partial charge in [0.2, 0.25) is 10.0 Å². The molecule has 1 saturated carbocycles. The van der Waals surface area contributed by atoms with Gasteiger partial charge in [-0.2, -0.15) is 0 Å². The molecule has 0 spiro atoms. The highest BCUT2D eigenvalue weighted by molar-refractivity contribution is 7.89. The molecule has 0 aromatic heterocycles. The van der Waals surface area contributed by atoms with Gasteiger partial charge in [-0.05, 0) is 36.2 Å². The standard InChI is InChI=1S/C16H23N3O3S/c17-23(21,22)11-12-6-7-19(10-12)16(20)18-9-14-8-15(14)13-4-2-1-3-5-13/h1-5,12,14-15H,6-11H2,(H,18,20)(H2,17,21,22)/t12?,14-,15-/m0/s1. The van der Waals surface area contributed by atoms with Crippen molar-refractivity contribution in [2.75, 3.05) is 25.4 Å². The molecule has 1 aromatic carbocycles. The Balaban J connectivity index is 1.41. The summed E-state index contributed by atoms with van der Waals surface area (Å²) in [5, 5.41) is 8.04. The predicted octanol–water partition coefficient (Wildman–Crippen LogP) is 1.11. The normalized spacial score (nSPS) is 27.0. The number of hydrogen-bond acceptors (Lipinski definition) is 3. The van der Waals surface area contributed by atoms with Crippen molar-refractivity contribution in [3.8, 4) is 0 Å². The van der Waals surface area contributed by atoms with Crippen LogP contribution in [0.4, 0.5) is 4.79 Å². The van der Waals surface area contributed by atoms with Crippen LogP contribution in [-0.2, 0) is 10.0 Å². The summed E-state index contributed by atoms with van der Waals surface area (Å²) >= 11 is 0. The number of nitrogens with zero attached hydrogens (tertiary/aromatic N) is 1. The average molecular weight is 337 g/mol. The fraction of sp³-hybridized carbons (Fsp3) is 0.562. The molecule has 2 fully saturated rings. The Hall–Kier alpha value is -1.60. The topological polar surface area (TPSA) is 92.5 Å². The lowest BCUT2D eigenvalue weighted by molar-refractivity contribution is 0.207. The average Bonchev–Trinajstić information content (AvgIpc) is 3.14. The number of primary sulfonamides is 1. The van der Waals surface area contributed by atoms with Crippen LogP contribution in [0.1, 0.15) is 24.3 Å². The first-order chi connectivity index (χ1) is 10.9. The molecule has 3 atom stereocenters. The monoisotopic (exact) mass is 337 g/mol. The minimum absolute atomic E-state index is 0.0461. The highest BCUT2D eigenvalue weighted by Crippen LogP contribution is 2.46. The summed E-state index contributed by atoms with van der Waals surface area (Å²) in [5.74, 6) is 0.957. The second-order valence-electron chi connectivity index (χ2n) is 6.63. The van der Waals surface area contributed by atoms with Gasteiger partial charge >= 0.3 is 6.03 Å². The van der Waals surface area contributed by atoms with Gasteiger partial charge in [0.15, 0.2) is 0 Å². The van der Waals surface area contributed by atoms with Crippen molar-refractivity contribution >= 4 is 16.1 Å². The molecule has 23 heavy (non-hydrogen) atoms. The SMILES string of the molecule is NS(=O)(=O)CC1CCN(C(=O)NC[C@@H]2C[C@H]2c2ccccc2)C1. The molecule has 6 nitrogen and oxygen atoms in total. The third-order valence-electron chi connectivity index (χ3n) is 4.71. The maximum Gasteiger partial charge on any atom is 0.317 e. The number of carbonyl (C=O) groups excluding carboxylic acids is 1. The highest BCUT2D eigenvalue weighted by atomic mass is 32.2. The molecule has 1 heterocycles. The molecule has 0 bridgehead atoms. The van der Waals surface area contributed by atoms with Crippen LogP contribution >= 0.6 is 0 Å². The van der Waals surface area contributed by atoms with Crippen molar-refractivity contribution < 1.29 is 13.2 Å². The Kier molecular flexibility index (Phi) is 4.59. The molecular formula is C16H23N3O3S. The van der Waals surface area contributed by atoms with Crippen LogP contribution in [-0.4, -0.2) is 44.7 Å². The minimum atomic E-state index is -3.47. The van der Waals surface area contributed by atoms with Crippen LogP contribution in [0.3, 0.4) is 0 Å². The van der Waals surface area contributed by atoms with Crippen molar-refractivity contribution in [3.05, 3.63) is 35.9 Å². The Bertz CT molecular complexity index is 662. The van der Waals surface area contributed by atoms with Crippen molar-refractivity contribution in [1.82, 2.24) is 10.2 Å². The zero-order valence-electron chi connectivity index (χ0n) is 13.0. The molecule has 126 valence electrons. The van der Waals surface area contributed by atoms with Gasteiger partial charge in [-0.1, -0.05) is 30.3 Å². The fourth-order valence-electron chi connectivity index (χ4n) is 3.39. The Morgan fingerprint density at radius 3 is 2.74 bits per heavy atom. The quantitative estimate of drug-likeness (QED) is 0.843. The summed E-state index contributed by atoms with van der Waals surface area (Å²) in [6.07, 6.45) is 1.80. The second-order valence-corrected chi connectivity index (χ2v) is 8.29. The molecule has 3 rings (SSSR count). The van der Waals surface area contributed by atoms with Crippen LogP contribution in [0.5, 0.6) is 0 Å². The summed E-state index contributed by atoms with van der Waals surface area (Å²) in [6, 6.07) is 10.3. The molecule has 2 amide bonds. The Morgan fingerprint density at radius 1 is 1.30 bits per heavy atom. The van der Waals surface area contributed by atoms with Crippen molar-refractivity contribution in [2.45, 2.75) is 18.8 Å². The molecule has 2 aliphatic rings. The van der Waals surface area contributed by atoms with Crippen LogP contribution in [0, 0.1) is 11.8 Å². The zero-order chi connectivity index (χ0) is 16.4. The highest BCUT2D eigenvalue weighted by Gasteiger charge is 2.38. The van der Waals surface area contributed by atoms with E-state index >= 15 is 0 Å². The minimum Gasteiger partial charge on any atom is -0.338 e. The van der Waals surface area contributed by atoms with Gasteiger partial charge in [0.25, 0.3) is 0 Å². The first-order valence-electron chi connectivity index (χ1n) is 8.00. The molecule has 3 N–H and O–H groups in total. The van der Waals surface area contributed by atoms with Gasteiger partial charge in [-0.25, -0.2) is 18.4 Å². The van der Waals surface area contributed by atoms with Crippen LogP contribution in [0.25, 0.3) is 0 Å². The number of sulfonamides is 1. The van der Waals surface area contributed by atoms with Gasteiger partial charge in [0.1, 0.15) is 0 Å². The van der Waals surface area contributed by atoms with Gasteiger partial charge in [0, 0.05) is 19.6 Å². The number of hydrogen-bond donors (Lipinski definition) is 2. The van der Waals surface area contributed by atoms with E-state index in [2.05, 4.69) is 17.4 Å². The maximum absolute atomic E-state index is 12.2. The van der Waals surface area contributed by atoms with Crippen LogP contribution in [0.15, 0.2) is 30.3 Å². The lowest BCUT2D eigenvalue weighted by atomic mass is 10.1. The van der Waals surface area contributed by atoms with E-state index in [1.54, 1.807) is 4.90 Å².